The molecule has 11 heteroatoms. The fraction of sp³-hybridized carbons (Fsp3) is 0.130. The number of aryl methyl sites for hydroxylation is 5. The molecule has 0 saturated heterocycles. The van der Waals surface area contributed by atoms with E-state index in [1.807, 2.05) is 88.4 Å². The zero-order chi connectivity index (χ0) is 41.1. The number of nitro benzene ring substituents is 1. The van der Waals surface area contributed by atoms with Gasteiger partial charge in [0.15, 0.2) is 0 Å². The molecule has 0 heterocycles. The van der Waals surface area contributed by atoms with E-state index >= 15 is 0 Å². The van der Waals surface area contributed by atoms with Crippen molar-refractivity contribution in [3.05, 3.63) is 183 Å². The van der Waals surface area contributed by atoms with Gasteiger partial charge in [-0.2, -0.15) is 8.42 Å². The third-order valence-corrected chi connectivity index (χ3v) is 12.2. The number of benzene rings is 8. The normalized spacial score (nSPS) is 11.5. The van der Waals surface area contributed by atoms with Crippen LogP contribution in [0.5, 0.6) is 0 Å². The first-order chi connectivity index (χ1) is 27.1. The number of nitro groups is 1. The van der Waals surface area contributed by atoms with Gasteiger partial charge in [0, 0.05) is 12.1 Å². The number of nitrogens with zero attached hydrogens (tertiary/aromatic N) is 1. The van der Waals surface area contributed by atoms with Gasteiger partial charge in [0.25, 0.3) is 15.8 Å². The fourth-order valence-electron chi connectivity index (χ4n) is 6.95. The average Bonchev–Trinajstić information content (AvgIpc) is 3.21. The number of fused-ring (bicyclic) bond motifs is 4. The van der Waals surface area contributed by atoms with Gasteiger partial charge >= 0.3 is 0 Å². The highest BCUT2D eigenvalue weighted by Gasteiger charge is 2.19. The molecule has 57 heavy (non-hydrogen) atoms. The lowest BCUT2D eigenvalue weighted by atomic mass is 9.93. The molecule has 0 aliphatic carbocycles. The van der Waals surface area contributed by atoms with E-state index in [1.54, 1.807) is 18.2 Å². The van der Waals surface area contributed by atoms with Crippen molar-refractivity contribution >= 4 is 69.0 Å². The predicted octanol–water partition coefficient (Wildman–Crippen LogP) is 10.9. The summed E-state index contributed by atoms with van der Waals surface area (Å²) in [6.07, 6.45) is 0. The molecular formula is C46H40NO8S2-. The smallest absolute Gasteiger partial charge is 0.297 e. The van der Waals surface area contributed by atoms with Gasteiger partial charge in [0.05, 0.1) is 21.3 Å². The summed E-state index contributed by atoms with van der Waals surface area (Å²) >= 11 is 0. The van der Waals surface area contributed by atoms with Crippen LogP contribution in [-0.4, -0.2) is 26.3 Å². The lowest BCUT2D eigenvalue weighted by Crippen LogP contribution is -2.07. The Hall–Kier alpha value is -5.98. The number of rotatable bonds is 6. The van der Waals surface area contributed by atoms with Crippen LogP contribution >= 0.6 is 0 Å². The number of non-ortho nitro benzene ring substituents is 1. The molecule has 0 radical (unpaired) electrons. The standard InChI is InChI=1S/C23H19NO5S.C16H14O3S.C7H8/c1-15-20-5-3-4-6-21(20)16(2)23-13-19(11-12-22(15)23)30(27,28)29-14-17-7-9-18(10-8-17)24(25)26;1-10-13-5-3-4-6-14(13)11(2)16-9-12(20(17,18)19)7-8-15(10)16;1-7-5-3-2-4-6-7/h3-13H,14H2,1-2H3;3-9H,1-2H3,(H,17,18,19);2-6H,1H3/p-1. The molecule has 290 valence electrons. The van der Waals surface area contributed by atoms with Gasteiger partial charge in [-0.05, 0) is 142 Å². The maximum Gasteiger partial charge on any atom is 0.297 e. The van der Waals surface area contributed by atoms with Crippen molar-refractivity contribution in [1.29, 1.82) is 0 Å². The van der Waals surface area contributed by atoms with Gasteiger partial charge in [-0.15, -0.1) is 0 Å². The van der Waals surface area contributed by atoms with Gasteiger partial charge in [-0.25, -0.2) is 8.42 Å². The highest BCUT2D eigenvalue weighted by molar-refractivity contribution is 7.86. The maximum atomic E-state index is 12.8. The third kappa shape index (κ3) is 8.87. The molecule has 0 spiro atoms. The van der Waals surface area contributed by atoms with E-state index in [-0.39, 0.29) is 22.1 Å². The van der Waals surface area contributed by atoms with Gasteiger partial charge < -0.3 is 4.55 Å². The Labute approximate surface area is 332 Å². The van der Waals surface area contributed by atoms with Crippen molar-refractivity contribution < 1.29 is 30.5 Å². The Morgan fingerprint density at radius 2 is 0.877 bits per heavy atom. The highest BCUT2D eigenvalue weighted by atomic mass is 32.2. The minimum absolute atomic E-state index is 0.0609. The van der Waals surface area contributed by atoms with E-state index < -0.39 is 25.2 Å². The summed E-state index contributed by atoms with van der Waals surface area (Å²) in [5, 5.41) is 18.9. The average molecular weight is 799 g/mol. The lowest BCUT2D eigenvalue weighted by Gasteiger charge is -2.14. The second kappa shape index (κ2) is 16.6. The van der Waals surface area contributed by atoms with Gasteiger partial charge in [0.1, 0.15) is 10.1 Å². The zero-order valence-electron chi connectivity index (χ0n) is 32.0. The molecule has 0 aromatic heterocycles. The molecular weight excluding hydrogens is 759 g/mol. The van der Waals surface area contributed by atoms with E-state index in [2.05, 4.69) is 31.2 Å². The monoisotopic (exact) mass is 798 g/mol. The summed E-state index contributed by atoms with van der Waals surface area (Å²) in [4.78, 5) is 10.1. The Morgan fingerprint density at radius 3 is 1.28 bits per heavy atom. The van der Waals surface area contributed by atoms with Crippen molar-refractivity contribution in [1.82, 2.24) is 0 Å². The Kier molecular flexibility index (Phi) is 11.9. The maximum absolute atomic E-state index is 12.8. The molecule has 0 unspecified atom stereocenters. The summed E-state index contributed by atoms with van der Waals surface area (Å²) in [5.41, 5.74) is 5.99. The molecule has 8 aromatic carbocycles. The minimum atomic E-state index is -4.43. The molecule has 0 fully saturated rings. The van der Waals surface area contributed by atoms with E-state index in [9.17, 15) is 31.5 Å². The number of hydrogen-bond donors (Lipinski definition) is 0. The third-order valence-electron chi connectivity index (χ3n) is 10.1. The van der Waals surface area contributed by atoms with Crippen molar-refractivity contribution in [3.8, 4) is 0 Å². The quantitative estimate of drug-likeness (QED) is 0.0531. The molecule has 8 rings (SSSR count). The second-order valence-electron chi connectivity index (χ2n) is 13.8. The largest absolute Gasteiger partial charge is 0.744 e. The van der Waals surface area contributed by atoms with Crippen LogP contribution in [0.1, 0.15) is 33.4 Å². The molecule has 8 aromatic rings. The predicted molar refractivity (Wildman–Crippen MR) is 226 cm³/mol. The first-order valence-electron chi connectivity index (χ1n) is 18.0. The molecule has 0 atom stereocenters. The SMILES string of the molecule is Cc1c2ccccc2c(C)c2cc(S(=O)(=O)OCc3ccc([N+](=O)[O-])cc3)ccc12.Cc1c2ccccc2c(C)c2cc(S(=O)(=O)[O-])ccc12.Cc1ccccc1. The van der Waals surface area contributed by atoms with Gasteiger partial charge in [0.2, 0.25) is 0 Å². The Balaban J connectivity index is 0.000000173. The van der Waals surface area contributed by atoms with Crippen LogP contribution in [0.2, 0.25) is 0 Å². The summed E-state index contributed by atoms with van der Waals surface area (Å²) in [6, 6.07) is 41.5. The Bertz CT molecular complexity index is 3020. The van der Waals surface area contributed by atoms with Crippen LogP contribution < -0.4 is 0 Å². The topological polar surface area (TPSA) is 144 Å². The summed E-state index contributed by atoms with van der Waals surface area (Å²) < 4.78 is 64.3. The molecule has 0 aliphatic rings. The van der Waals surface area contributed by atoms with Crippen LogP contribution in [0.3, 0.4) is 0 Å². The first kappa shape index (κ1) is 40.7. The molecule has 0 aliphatic heterocycles. The number of hydrogen-bond acceptors (Lipinski definition) is 8. The fourth-order valence-corrected chi connectivity index (χ4v) is 8.37. The summed E-state index contributed by atoms with van der Waals surface area (Å²) in [6.45, 7) is 9.86. The molecule has 0 amide bonds. The van der Waals surface area contributed by atoms with Crippen LogP contribution in [0.25, 0.3) is 43.1 Å². The van der Waals surface area contributed by atoms with Crippen molar-refractivity contribution in [3.63, 3.8) is 0 Å². The Morgan fingerprint density at radius 1 is 0.491 bits per heavy atom. The lowest BCUT2D eigenvalue weighted by molar-refractivity contribution is -0.384. The van der Waals surface area contributed by atoms with Crippen molar-refractivity contribution in [2.45, 2.75) is 51.0 Å². The van der Waals surface area contributed by atoms with Gasteiger partial charge in [-0.1, -0.05) is 96.6 Å². The van der Waals surface area contributed by atoms with E-state index in [1.165, 1.54) is 42.0 Å². The molecule has 9 nitrogen and oxygen atoms in total. The van der Waals surface area contributed by atoms with E-state index in [0.717, 1.165) is 65.3 Å². The van der Waals surface area contributed by atoms with Crippen LogP contribution in [0.4, 0.5) is 5.69 Å². The van der Waals surface area contributed by atoms with E-state index in [4.69, 9.17) is 4.18 Å². The van der Waals surface area contributed by atoms with Crippen LogP contribution in [-0.2, 0) is 31.0 Å². The molecule has 0 saturated carbocycles. The second-order valence-corrected chi connectivity index (χ2v) is 16.7. The minimum Gasteiger partial charge on any atom is -0.744 e. The van der Waals surface area contributed by atoms with Gasteiger partial charge in [-0.3, -0.25) is 14.3 Å². The van der Waals surface area contributed by atoms with E-state index in [0.29, 0.717) is 5.56 Å². The highest BCUT2D eigenvalue weighted by Crippen LogP contribution is 2.35. The molecule has 0 N–H and O–H groups in total. The van der Waals surface area contributed by atoms with Crippen molar-refractivity contribution in [2.75, 3.05) is 0 Å². The first-order valence-corrected chi connectivity index (χ1v) is 20.8. The van der Waals surface area contributed by atoms with Crippen molar-refractivity contribution in [2.24, 2.45) is 0 Å². The molecule has 0 bridgehead atoms. The van der Waals surface area contributed by atoms with Crippen LogP contribution in [0.15, 0.2) is 149 Å². The van der Waals surface area contributed by atoms with Crippen LogP contribution in [0, 0.1) is 44.7 Å². The zero-order valence-corrected chi connectivity index (χ0v) is 33.6. The summed E-state index contributed by atoms with van der Waals surface area (Å²) in [7, 11) is -8.42. The summed E-state index contributed by atoms with van der Waals surface area (Å²) in [5.74, 6) is 0.